The Bertz CT molecular complexity index is 4670. The zero-order valence-corrected chi connectivity index (χ0v) is 103. The first-order valence-electron chi connectivity index (χ1n) is 42.2. The number of hydrogen-bond donors (Lipinski definition) is 4. The largest absolute Gasteiger partial charge is 1.00 e. The molecule has 772 valence electrons. The standard InChI is InChI=1S/2C16H24O3Si.C15H22O4Si.C13H20O3Si.C10H9ClO3.C10H10O4.C5H9NO.C5H14OSi.C3H5Br.2CH2O3.2CH4.Cl2OS.2K.Na.H/c1-6-10-18-15-9-7-8-14(13(15)2)16(17)19-11-12-20(3,4)5;1-6-7-13-8-9-14(12(2)15(13)17)16(18)19-10-11-20(3,4)5;1-11-13(7-6-8-14(11)19-12(2)16)15(17)18-9-10-20(3,4)5;1-10-11(6-5-7-12(10)14)13(15)16-8-9-17(2,3)4;1-6-8(10(11)13)4-3-5-9(6)14-7(2)12;1-6-8(10(12)13)4-3-5-9(6)14-7(2)11;1-6-4-2-3-5(6)7;1-7(2,3)5-4-6;1-2-3-4;2*2-1-4-3;;;1-4(2)3;;;;/h6-9H,1,10-12H2,2-5H3;6,8-9,17H,1,7,10-11H2,2-5H3;6-8H,9-10H2,1-5H3;5-7,14H,8-9H2,1-4H3;3-5H,1-2H3;3-5H,1-2H3,(H,12,13);2-4H2,1H3;6H,4-5H2,1-3H3;2H,1,3H2;2*1,3H;2*1H4;;;;;/q;;;;;;;;;;;;;;3*+1;-1/p-2. The van der Waals surface area contributed by atoms with Gasteiger partial charge in [-0.1, -0.05) is 190 Å². The van der Waals surface area contributed by atoms with Gasteiger partial charge in [-0.25, -0.2) is 28.2 Å². The summed E-state index contributed by atoms with van der Waals surface area (Å²) in [5.74, 6) is -1.34. The van der Waals surface area contributed by atoms with Crippen LogP contribution in [0, 0.1) is 41.5 Å². The molecule has 0 saturated carbocycles. The number of halogens is 4. The average Bonchev–Trinajstić information content (AvgIpc) is 1.00. The molecule has 1 fully saturated rings. The molecule has 0 aromatic heterocycles. The van der Waals surface area contributed by atoms with Gasteiger partial charge in [-0.3, -0.25) is 33.6 Å². The summed E-state index contributed by atoms with van der Waals surface area (Å²) in [6, 6.07) is 33.0. The summed E-state index contributed by atoms with van der Waals surface area (Å²) in [5.41, 5.74) is 6.78. The number of amides is 1. The summed E-state index contributed by atoms with van der Waals surface area (Å²) in [5, 5.41) is 54.0. The molecule has 0 spiro atoms. The van der Waals surface area contributed by atoms with Crippen LogP contribution >= 0.6 is 48.9 Å². The molecular weight excluding hydrogens is 2100 g/mol. The van der Waals surface area contributed by atoms with Crippen molar-refractivity contribution in [1.29, 1.82) is 0 Å². The molecule has 43 heteroatoms. The number of carboxylic acid groups (broad SMARTS) is 1. The van der Waals surface area contributed by atoms with Crippen LogP contribution in [0.1, 0.15) is 151 Å². The molecule has 0 aliphatic carbocycles. The van der Waals surface area contributed by atoms with Crippen LogP contribution < -0.4 is 162 Å². The van der Waals surface area contributed by atoms with Gasteiger partial charge < -0.3 is 84.9 Å². The second-order valence-electron chi connectivity index (χ2n) is 35.1. The van der Waals surface area contributed by atoms with E-state index in [2.05, 4.69) is 165 Å². The topological polar surface area (TPSA) is 444 Å². The molecule has 30 nitrogen and oxygen atoms in total. The van der Waals surface area contributed by atoms with E-state index in [1.807, 2.05) is 20.0 Å². The molecule has 0 unspecified atom stereocenters. The van der Waals surface area contributed by atoms with Crippen molar-refractivity contribution >= 4 is 170 Å². The minimum absolute atomic E-state index is 0. The Balaban J connectivity index is -0.000000150. The number of carbonyl (C=O) groups excluding carboxylic acids is 11. The number of alkyl halides is 1. The van der Waals surface area contributed by atoms with Gasteiger partial charge in [0.2, 0.25) is 15.1 Å². The van der Waals surface area contributed by atoms with Crippen molar-refractivity contribution in [2.45, 2.75) is 225 Å². The van der Waals surface area contributed by atoms with Crippen LogP contribution in [-0.2, 0) is 73.1 Å². The Kier molecular flexibility index (Phi) is 94.5. The van der Waals surface area contributed by atoms with Crippen LogP contribution in [0.5, 0.6) is 34.5 Å². The molecule has 0 bridgehead atoms. The van der Waals surface area contributed by atoms with Crippen molar-refractivity contribution in [3.05, 3.63) is 213 Å². The van der Waals surface area contributed by atoms with Gasteiger partial charge in [0.1, 0.15) is 41.1 Å². The number of nitrogens with zero attached hydrogens (tertiary/aromatic N) is 1. The van der Waals surface area contributed by atoms with E-state index in [1.165, 1.54) is 32.9 Å². The number of hydrogen-bond acceptors (Lipinski definition) is 28. The van der Waals surface area contributed by atoms with E-state index < -0.39 is 78.7 Å². The fourth-order valence-corrected chi connectivity index (χ4v) is 13.6. The van der Waals surface area contributed by atoms with Gasteiger partial charge in [0.05, 0.1) is 54.2 Å². The Hall–Kier alpha value is -5.48. The molecule has 1 heterocycles. The summed E-state index contributed by atoms with van der Waals surface area (Å²) in [6.45, 7) is 61.8. The number of phenols is 2. The van der Waals surface area contributed by atoms with Gasteiger partial charge in [-0.15, -0.1) is 13.2 Å². The Morgan fingerprint density at radius 2 is 0.771 bits per heavy atom. The fraction of sp³-hybridized carbons (Fsp3) is 0.443. The van der Waals surface area contributed by atoms with Gasteiger partial charge >= 0.3 is 180 Å². The summed E-state index contributed by atoms with van der Waals surface area (Å²) in [7, 11) is 3.51. The SMILES string of the molecule is C.C.C=CCBr.C=CCOc1cccc(C(=O)OCC[Si](C)(C)C)c1C.C=CCc1ccc(C(=O)OCC[Si](C)(C)C)c(C)c1O.CC(=O)Oc1cccc(C(=O)Cl)c1C.CC(=O)Oc1cccc(C(=O)O)c1C.CC(=O)Oc1cccc(C(=O)OCC[Si](C)(C)C)c1C.CN1CCCC1=O.C[Si](C)(C)CCO.Cc1c(O)cccc1C(=O)OCC[Si](C)(C)C.O=CO[O-].O=CO[O-].O=S(Cl)Cl.[H-].[K+].[K+].[Na+]. The first kappa shape index (κ1) is 155. The first-order chi connectivity index (χ1) is 62.5. The van der Waals surface area contributed by atoms with E-state index in [9.17, 15) is 58.2 Å². The van der Waals surface area contributed by atoms with E-state index in [1.54, 1.807) is 143 Å². The molecule has 6 aromatic rings. The third-order valence-corrected chi connectivity index (χ3v) is 26.7. The number of allylic oxidation sites excluding steroid dienone is 2. The number of aliphatic hydroxyl groups is 1. The van der Waals surface area contributed by atoms with Gasteiger partial charge in [-0.2, -0.15) is 0 Å². The number of phenolic OH excluding ortho intramolecular Hbond substituents is 2. The fourth-order valence-electron chi connectivity index (χ4n) is 9.82. The first-order valence-corrected chi connectivity index (χ1v) is 65.1. The van der Waals surface area contributed by atoms with Crippen LogP contribution in [0.4, 0.5) is 0 Å². The molecule has 1 saturated heterocycles. The van der Waals surface area contributed by atoms with Crippen molar-refractivity contribution in [3.63, 3.8) is 0 Å². The van der Waals surface area contributed by atoms with Crippen LogP contribution in [0.2, 0.25) is 128 Å². The van der Waals surface area contributed by atoms with E-state index in [4.69, 9.17) is 84.0 Å². The predicted octanol–water partition coefficient (Wildman–Crippen LogP) is 11.9. The van der Waals surface area contributed by atoms with Gasteiger partial charge in [0.15, 0.2) is 0 Å². The van der Waals surface area contributed by atoms with Crippen molar-refractivity contribution < 1.29 is 274 Å². The van der Waals surface area contributed by atoms with Crippen molar-refractivity contribution in [2.75, 3.05) is 58.6 Å². The maximum Gasteiger partial charge on any atom is 1.00 e. The summed E-state index contributed by atoms with van der Waals surface area (Å²) < 4.78 is 50.6. The smallest absolute Gasteiger partial charge is 1.00 e. The zero-order chi connectivity index (χ0) is 105. The van der Waals surface area contributed by atoms with Gasteiger partial charge in [0.25, 0.3) is 18.2 Å². The van der Waals surface area contributed by atoms with Crippen LogP contribution in [0.3, 0.4) is 0 Å². The Morgan fingerprint density at radius 3 is 1.02 bits per heavy atom. The van der Waals surface area contributed by atoms with Gasteiger partial charge in [-0.05, 0) is 168 Å². The molecule has 6 aromatic carbocycles. The summed E-state index contributed by atoms with van der Waals surface area (Å²) in [4.78, 5) is 137. The molecular formula is C97H148BrCl3K2NNaO29SSi5. The predicted molar refractivity (Wildman–Crippen MR) is 560 cm³/mol. The van der Waals surface area contributed by atoms with Gasteiger partial charge in [0, 0.05) is 153 Å². The van der Waals surface area contributed by atoms with E-state index in [0.717, 1.165) is 66.1 Å². The maximum absolute atomic E-state index is 12.1. The number of rotatable bonds is 31. The van der Waals surface area contributed by atoms with Crippen LogP contribution in [-0.4, -0.2) is 200 Å². The number of aromatic hydroxyl groups is 2. The van der Waals surface area contributed by atoms with Crippen LogP contribution in [0.25, 0.3) is 0 Å². The minimum atomic E-state index is -1.67. The molecule has 140 heavy (non-hydrogen) atoms. The molecule has 0 radical (unpaired) electrons. The monoisotopic (exact) mass is 2250 g/mol. The molecule has 4 N–H and O–H groups in total. The Labute approximate surface area is 968 Å². The number of aliphatic hydroxyl groups excluding tert-OH is 1. The maximum atomic E-state index is 12.1. The minimum Gasteiger partial charge on any atom is -1.00 e. The van der Waals surface area contributed by atoms with Crippen LogP contribution in [0.15, 0.2) is 141 Å². The third-order valence-electron chi connectivity index (χ3n) is 17.5. The normalized spacial score (nSPS) is 10.4. The van der Waals surface area contributed by atoms with Crippen molar-refractivity contribution in [3.8, 4) is 34.5 Å². The number of carbonyl (C=O) groups is 12. The van der Waals surface area contributed by atoms with E-state index in [-0.39, 0.29) is 208 Å². The quantitative estimate of drug-likeness (QED) is 0.00300. The second-order valence-corrected chi connectivity index (χ2v) is 66.7. The molecule has 1 aliphatic heterocycles. The molecule has 1 amide bonds. The zero-order valence-electron chi connectivity index (χ0n) is 86.5. The second kappa shape index (κ2) is 85.6. The average molecular weight is 2250 g/mol. The number of carboxylic acids is 1. The van der Waals surface area contributed by atoms with Crippen molar-refractivity contribution in [1.82, 2.24) is 4.90 Å². The number of ether oxygens (including phenoxy) is 8. The number of benzene rings is 6. The number of aromatic carboxylic acids is 1. The van der Waals surface area contributed by atoms with E-state index >= 15 is 0 Å². The number of likely N-dealkylation sites (tertiary alicyclic amines) is 1. The summed E-state index contributed by atoms with van der Waals surface area (Å²) >= 11 is 8.47. The third kappa shape index (κ3) is 79.8. The van der Waals surface area contributed by atoms with Crippen molar-refractivity contribution in [2.24, 2.45) is 0 Å². The Morgan fingerprint density at radius 1 is 0.486 bits per heavy atom. The summed E-state index contributed by atoms with van der Waals surface area (Å²) in [6.07, 6.45) is 7.59. The number of esters is 7. The van der Waals surface area contributed by atoms with E-state index in [0.29, 0.717) is 125 Å². The molecule has 1 aliphatic rings. The molecule has 0 atom stereocenters. The molecule has 7 rings (SSSR count).